The van der Waals surface area contributed by atoms with Crippen molar-refractivity contribution in [2.45, 2.75) is 20.8 Å². The number of benzene rings is 1. The predicted octanol–water partition coefficient (Wildman–Crippen LogP) is 3.81. The number of aromatic nitrogens is 2. The van der Waals surface area contributed by atoms with Crippen LogP contribution >= 0.6 is 11.3 Å². The lowest BCUT2D eigenvalue weighted by Crippen LogP contribution is -2.15. The van der Waals surface area contributed by atoms with Gasteiger partial charge in [0.15, 0.2) is 11.7 Å². The first-order chi connectivity index (χ1) is 13.3. The summed E-state index contributed by atoms with van der Waals surface area (Å²) >= 11 is 1.45. The van der Waals surface area contributed by atoms with Crippen molar-refractivity contribution < 1.29 is 19.2 Å². The van der Waals surface area contributed by atoms with Gasteiger partial charge < -0.3 is 4.74 Å². The molecule has 2 heterocycles. The molecule has 0 unspecified atom stereocenters. The van der Waals surface area contributed by atoms with Crippen molar-refractivity contribution in [3.05, 3.63) is 74.0 Å². The Balaban J connectivity index is 1.75. The van der Waals surface area contributed by atoms with E-state index in [0.29, 0.717) is 16.8 Å². The molecule has 2 aromatic heterocycles. The maximum atomic E-state index is 12.5. The number of nitro benzene ring substituents is 1. The summed E-state index contributed by atoms with van der Waals surface area (Å²) in [5.74, 6) is -1.14. The fourth-order valence-corrected chi connectivity index (χ4v) is 3.64. The Morgan fingerprint density at radius 2 is 2.00 bits per heavy atom. The molecule has 8 nitrogen and oxygen atoms in total. The average molecular weight is 399 g/mol. The summed E-state index contributed by atoms with van der Waals surface area (Å²) in [4.78, 5) is 39.4. The van der Waals surface area contributed by atoms with Gasteiger partial charge in [-0.25, -0.2) is 9.78 Å². The Morgan fingerprint density at radius 3 is 2.64 bits per heavy atom. The molecule has 0 atom stereocenters. The van der Waals surface area contributed by atoms with Crippen molar-refractivity contribution in [1.82, 2.24) is 9.55 Å². The number of hydrogen-bond acceptors (Lipinski definition) is 7. The minimum atomic E-state index is -0.787. The molecule has 0 fully saturated rings. The van der Waals surface area contributed by atoms with Crippen molar-refractivity contribution in [2.75, 3.05) is 6.61 Å². The van der Waals surface area contributed by atoms with Crippen LogP contribution in [-0.2, 0) is 4.74 Å². The highest BCUT2D eigenvalue weighted by molar-refractivity contribution is 7.12. The van der Waals surface area contributed by atoms with E-state index in [1.807, 2.05) is 16.9 Å². The van der Waals surface area contributed by atoms with Crippen molar-refractivity contribution in [3.8, 4) is 5.13 Å². The number of nitrogens with zero attached hydrogens (tertiary/aromatic N) is 3. The Kier molecular flexibility index (Phi) is 5.36. The highest BCUT2D eigenvalue weighted by Gasteiger charge is 2.20. The summed E-state index contributed by atoms with van der Waals surface area (Å²) < 4.78 is 6.94. The van der Waals surface area contributed by atoms with E-state index in [0.717, 1.165) is 16.9 Å². The van der Waals surface area contributed by atoms with E-state index in [-0.39, 0.29) is 17.0 Å². The molecule has 0 aliphatic heterocycles. The van der Waals surface area contributed by atoms with E-state index in [9.17, 15) is 19.7 Å². The van der Waals surface area contributed by atoms with Gasteiger partial charge in [-0.2, -0.15) is 0 Å². The number of carbonyl (C=O) groups is 2. The fraction of sp³-hybridized carbons (Fsp3) is 0.211. The van der Waals surface area contributed by atoms with Crippen molar-refractivity contribution in [2.24, 2.45) is 0 Å². The highest BCUT2D eigenvalue weighted by atomic mass is 32.1. The summed E-state index contributed by atoms with van der Waals surface area (Å²) in [6.45, 7) is 4.78. The lowest BCUT2D eigenvalue weighted by molar-refractivity contribution is -0.385. The second-order valence-electron chi connectivity index (χ2n) is 6.19. The molecule has 0 spiro atoms. The molecular weight excluding hydrogens is 382 g/mol. The number of hydrogen-bond donors (Lipinski definition) is 0. The lowest BCUT2D eigenvalue weighted by Gasteiger charge is -2.07. The molecule has 0 radical (unpaired) electrons. The molecule has 0 aliphatic carbocycles. The first kappa shape index (κ1) is 19.4. The Hall–Kier alpha value is -3.33. The Bertz CT molecular complexity index is 1070. The van der Waals surface area contributed by atoms with Gasteiger partial charge in [-0.3, -0.25) is 19.5 Å². The maximum Gasteiger partial charge on any atom is 0.338 e. The molecular formula is C19H17N3O5S. The zero-order valence-corrected chi connectivity index (χ0v) is 16.3. The van der Waals surface area contributed by atoms with E-state index in [1.165, 1.54) is 23.5 Å². The Labute approximate surface area is 164 Å². The minimum absolute atomic E-state index is 0.0263. The van der Waals surface area contributed by atoms with Crippen LogP contribution in [0.1, 0.15) is 37.7 Å². The summed E-state index contributed by atoms with van der Waals surface area (Å²) in [6, 6.07) is 5.78. The van der Waals surface area contributed by atoms with Gasteiger partial charge in [0, 0.05) is 40.2 Å². The van der Waals surface area contributed by atoms with Gasteiger partial charge in [0.2, 0.25) is 5.78 Å². The van der Waals surface area contributed by atoms with E-state index in [2.05, 4.69) is 4.98 Å². The third-order valence-electron chi connectivity index (χ3n) is 4.32. The van der Waals surface area contributed by atoms with Crippen LogP contribution in [0.2, 0.25) is 0 Å². The van der Waals surface area contributed by atoms with Gasteiger partial charge in [0.25, 0.3) is 5.69 Å². The molecule has 0 saturated heterocycles. The fourth-order valence-electron chi connectivity index (χ4n) is 2.89. The van der Waals surface area contributed by atoms with Gasteiger partial charge in [0.1, 0.15) is 0 Å². The van der Waals surface area contributed by atoms with E-state index < -0.39 is 17.5 Å². The van der Waals surface area contributed by atoms with Gasteiger partial charge >= 0.3 is 5.97 Å². The summed E-state index contributed by atoms with van der Waals surface area (Å²) in [7, 11) is 0. The van der Waals surface area contributed by atoms with E-state index in [1.54, 1.807) is 26.1 Å². The van der Waals surface area contributed by atoms with Crippen LogP contribution in [0.3, 0.4) is 0 Å². The monoisotopic (exact) mass is 399 g/mol. The van der Waals surface area contributed by atoms with Crippen molar-refractivity contribution in [1.29, 1.82) is 0 Å². The van der Waals surface area contributed by atoms with Gasteiger partial charge in [-0.15, -0.1) is 11.3 Å². The normalized spacial score (nSPS) is 10.7. The summed E-state index contributed by atoms with van der Waals surface area (Å²) in [6.07, 6.45) is 1.68. The zero-order valence-electron chi connectivity index (χ0n) is 15.5. The number of rotatable bonds is 6. The van der Waals surface area contributed by atoms with Gasteiger partial charge in [-0.1, -0.05) is 6.07 Å². The molecule has 0 bridgehead atoms. The van der Waals surface area contributed by atoms with Crippen LogP contribution in [0, 0.1) is 30.9 Å². The van der Waals surface area contributed by atoms with Crippen LogP contribution in [0.5, 0.6) is 0 Å². The highest BCUT2D eigenvalue weighted by Crippen LogP contribution is 2.23. The number of carbonyl (C=O) groups excluding carboxylic acids is 2. The third kappa shape index (κ3) is 3.70. The molecule has 3 aromatic rings. The van der Waals surface area contributed by atoms with E-state index in [4.69, 9.17) is 4.74 Å². The van der Waals surface area contributed by atoms with Crippen molar-refractivity contribution >= 4 is 28.8 Å². The quantitative estimate of drug-likeness (QED) is 0.270. The van der Waals surface area contributed by atoms with Crippen molar-refractivity contribution in [3.63, 3.8) is 0 Å². The number of esters is 1. The molecule has 9 heteroatoms. The molecule has 28 heavy (non-hydrogen) atoms. The number of thiazole rings is 1. The first-order valence-electron chi connectivity index (χ1n) is 8.33. The second-order valence-corrected chi connectivity index (χ2v) is 7.07. The largest absolute Gasteiger partial charge is 0.454 e. The number of ether oxygens (including phenoxy) is 1. The van der Waals surface area contributed by atoms with Crippen LogP contribution in [0.4, 0.5) is 5.69 Å². The summed E-state index contributed by atoms with van der Waals surface area (Å²) in [5.41, 5.74) is 2.28. The van der Waals surface area contributed by atoms with Crippen LogP contribution in [0.15, 0.2) is 35.8 Å². The lowest BCUT2D eigenvalue weighted by atomic mass is 10.1. The smallest absolute Gasteiger partial charge is 0.338 e. The number of aryl methyl sites for hydroxylation is 2. The molecule has 0 saturated carbocycles. The van der Waals surface area contributed by atoms with E-state index >= 15 is 0 Å². The molecule has 144 valence electrons. The molecule has 3 rings (SSSR count). The van der Waals surface area contributed by atoms with Crippen LogP contribution < -0.4 is 0 Å². The average Bonchev–Trinajstić information content (AvgIpc) is 3.27. The third-order valence-corrected chi connectivity index (χ3v) is 5.07. The van der Waals surface area contributed by atoms with Crippen LogP contribution in [0.25, 0.3) is 5.13 Å². The van der Waals surface area contributed by atoms with Gasteiger partial charge in [-0.05, 0) is 32.9 Å². The molecule has 0 amide bonds. The predicted molar refractivity (Wildman–Crippen MR) is 103 cm³/mol. The molecule has 0 N–H and O–H groups in total. The number of ketones is 1. The van der Waals surface area contributed by atoms with Crippen LogP contribution in [-0.4, -0.2) is 32.8 Å². The topological polar surface area (TPSA) is 104 Å². The number of nitro groups is 1. The van der Waals surface area contributed by atoms with Gasteiger partial charge in [0.05, 0.1) is 10.5 Å². The standard InChI is InChI=1S/C19H17N3O5S/c1-11-4-5-14(9-16(11)22(25)26)18(24)27-10-17(23)15-8-12(2)21(13(15)3)19-20-6-7-28-19/h4-9H,10H2,1-3H3. The zero-order chi connectivity index (χ0) is 20.4. The summed E-state index contributed by atoms with van der Waals surface area (Å²) in [5, 5.41) is 13.6. The molecule has 0 aliphatic rings. The first-order valence-corrected chi connectivity index (χ1v) is 9.21. The molecule has 1 aromatic carbocycles. The Morgan fingerprint density at radius 1 is 1.25 bits per heavy atom. The second kappa shape index (κ2) is 7.73. The minimum Gasteiger partial charge on any atom is -0.454 e. The SMILES string of the molecule is Cc1ccc(C(=O)OCC(=O)c2cc(C)n(-c3nccs3)c2C)cc1[N+](=O)[O-]. The number of Topliss-reactive ketones (excluding diaryl/α,β-unsaturated/α-hetero) is 1. The maximum absolute atomic E-state index is 12.5.